The summed E-state index contributed by atoms with van der Waals surface area (Å²) in [6.07, 6.45) is 0. The molecule has 0 spiro atoms. The molecule has 7 nitrogen and oxygen atoms in total. The number of hydrogen-bond acceptors (Lipinski definition) is 7. The van der Waals surface area contributed by atoms with Crippen molar-refractivity contribution in [2.75, 3.05) is 44.0 Å². The Kier molecular flexibility index (Phi) is 5.59. The smallest absolute Gasteiger partial charge is 0.251 e. The summed E-state index contributed by atoms with van der Waals surface area (Å²) in [5.41, 5.74) is 2.41. The normalized spacial score (nSPS) is 23.6. The molecule has 26 heavy (non-hydrogen) atoms. The molecule has 3 rings (SSSR count). The highest BCUT2D eigenvalue weighted by Crippen LogP contribution is 2.35. The summed E-state index contributed by atoms with van der Waals surface area (Å²) in [6.45, 7) is 3.33. The largest absolute Gasteiger partial charge is 0.351 e. The van der Waals surface area contributed by atoms with Crippen molar-refractivity contribution in [2.24, 2.45) is 4.99 Å². The fourth-order valence-corrected chi connectivity index (χ4v) is 6.59. The summed E-state index contributed by atoms with van der Waals surface area (Å²) >= 11 is 1.47. The summed E-state index contributed by atoms with van der Waals surface area (Å²) < 4.78 is 23.3. The number of amides is 1. The van der Waals surface area contributed by atoms with Crippen LogP contribution in [-0.4, -0.2) is 74.4 Å². The Balaban J connectivity index is 1.66. The van der Waals surface area contributed by atoms with Crippen LogP contribution >= 0.6 is 11.8 Å². The van der Waals surface area contributed by atoms with E-state index in [9.17, 15) is 13.2 Å². The van der Waals surface area contributed by atoms with E-state index >= 15 is 0 Å². The van der Waals surface area contributed by atoms with E-state index in [4.69, 9.17) is 0 Å². The van der Waals surface area contributed by atoms with Crippen LogP contribution in [0.25, 0.3) is 0 Å². The van der Waals surface area contributed by atoms with E-state index in [1.54, 1.807) is 6.07 Å². The number of hydrogen-bond donors (Lipinski definition) is 2. The van der Waals surface area contributed by atoms with Gasteiger partial charge >= 0.3 is 0 Å². The van der Waals surface area contributed by atoms with Crippen molar-refractivity contribution in [1.82, 2.24) is 10.2 Å². The number of anilines is 1. The third kappa shape index (κ3) is 4.57. The monoisotopic (exact) mass is 396 g/mol. The minimum atomic E-state index is -2.96. The number of nitrogens with zero attached hydrogens (tertiary/aromatic N) is 2. The average molecular weight is 397 g/mol. The van der Waals surface area contributed by atoms with Crippen LogP contribution in [0.15, 0.2) is 23.2 Å². The summed E-state index contributed by atoms with van der Waals surface area (Å²) in [5, 5.41) is 6.89. The zero-order valence-electron chi connectivity index (χ0n) is 15.2. The molecule has 2 heterocycles. The third-order valence-corrected chi connectivity index (χ3v) is 7.55. The molecular weight excluding hydrogens is 372 g/mol. The van der Waals surface area contributed by atoms with E-state index in [2.05, 4.69) is 15.6 Å². The lowest BCUT2D eigenvalue weighted by molar-refractivity contribution is 0.0951. The van der Waals surface area contributed by atoms with Crippen molar-refractivity contribution in [3.8, 4) is 0 Å². The number of rotatable bonds is 5. The zero-order chi connectivity index (χ0) is 18.9. The van der Waals surface area contributed by atoms with Crippen LogP contribution in [0.5, 0.6) is 0 Å². The SMILES string of the molecule is Cc1ccc(C(=O)NCCN(C)C)cc1NC1=N[C@H]2CS(=O)(=O)C[C@H]2S1. The standard InChI is InChI=1S/C17H24N4O3S2/c1-11-4-5-12(16(22)18-6-7-21(2)3)8-13(11)19-17-20-14-9-26(23,24)10-15(14)25-17/h4-5,8,14-15H,6-7,9-10H2,1-3H3,(H,18,22)(H,19,20)/t14-,15+/m0/s1. The first-order chi connectivity index (χ1) is 12.2. The summed E-state index contributed by atoms with van der Waals surface area (Å²) in [5.74, 6) is 0.201. The van der Waals surface area contributed by atoms with Gasteiger partial charge in [-0.1, -0.05) is 17.8 Å². The van der Waals surface area contributed by atoms with E-state index in [1.165, 1.54) is 11.8 Å². The average Bonchev–Trinajstić information content (AvgIpc) is 3.01. The van der Waals surface area contributed by atoms with Gasteiger partial charge in [0, 0.05) is 29.6 Å². The van der Waals surface area contributed by atoms with Gasteiger partial charge in [-0.3, -0.25) is 9.79 Å². The molecule has 0 saturated carbocycles. The van der Waals surface area contributed by atoms with Gasteiger partial charge in [-0.2, -0.15) is 0 Å². The molecule has 1 amide bonds. The minimum absolute atomic E-state index is 0.000297. The van der Waals surface area contributed by atoms with Gasteiger partial charge in [0.1, 0.15) is 0 Å². The lowest BCUT2D eigenvalue weighted by Gasteiger charge is -2.13. The van der Waals surface area contributed by atoms with Crippen molar-refractivity contribution in [3.05, 3.63) is 29.3 Å². The Labute approximate surface area is 158 Å². The van der Waals surface area contributed by atoms with Crippen molar-refractivity contribution in [1.29, 1.82) is 0 Å². The quantitative estimate of drug-likeness (QED) is 0.771. The fourth-order valence-electron chi connectivity index (χ4n) is 2.92. The number of aliphatic imine (C=N–C) groups is 1. The van der Waals surface area contributed by atoms with Crippen LogP contribution in [0.1, 0.15) is 15.9 Å². The van der Waals surface area contributed by atoms with Crippen molar-refractivity contribution in [3.63, 3.8) is 0 Å². The molecule has 2 aliphatic rings. The molecule has 2 N–H and O–H groups in total. The first-order valence-corrected chi connectivity index (χ1v) is 11.2. The number of amidine groups is 1. The number of nitrogens with one attached hydrogen (secondary N) is 2. The number of fused-ring (bicyclic) bond motifs is 1. The first kappa shape index (κ1) is 19.2. The van der Waals surface area contributed by atoms with Gasteiger partial charge in [-0.05, 0) is 38.7 Å². The molecule has 9 heteroatoms. The molecular formula is C17H24N4O3S2. The van der Waals surface area contributed by atoms with Crippen LogP contribution < -0.4 is 10.6 Å². The molecule has 1 aromatic carbocycles. The Bertz CT molecular complexity index is 836. The topological polar surface area (TPSA) is 90.9 Å². The number of carbonyl (C=O) groups excluding carboxylic acids is 1. The van der Waals surface area contributed by atoms with Crippen LogP contribution in [0.4, 0.5) is 5.69 Å². The second-order valence-corrected chi connectivity index (χ2v) is 10.3. The van der Waals surface area contributed by atoms with Gasteiger partial charge in [0.2, 0.25) is 0 Å². The Morgan fingerprint density at radius 1 is 1.35 bits per heavy atom. The van der Waals surface area contributed by atoms with Crippen molar-refractivity contribution >= 4 is 38.4 Å². The predicted octanol–water partition coefficient (Wildman–Crippen LogP) is 0.967. The molecule has 0 unspecified atom stereocenters. The number of likely N-dealkylation sites (N-methyl/N-ethyl adjacent to an activating group) is 1. The fraction of sp³-hybridized carbons (Fsp3) is 0.529. The molecule has 2 atom stereocenters. The minimum Gasteiger partial charge on any atom is -0.351 e. The Morgan fingerprint density at radius 3 is 2.81 bits per heavy atom. The predicted molar refractivity (Wildman–Crippen MR) is 107 cm³/mol. The maximum Gasteiger partial charge on any atom is 0.251 e. The van der Waals surface area contributed by atoms with Gasteiger partial charge < -0.3 is 15.5 Å². The number of benzene rings is 1. The number of carbonyl (C=O) groups is 1. The van der Waals surface area contributed by atoms with Crippen LogP contribution in [0.2, 0.25) is 0 Å². The van der Waals surface area contributed by atoms with E-state index in [0.717, 1.165) is 23.0 Å². The number of aryl methyl sites for hydroxylation is 1. The summed E-state index contributed by atoms with van der Waals surface area (Å²) in [6, 6.07) is 5.35. The number of thioether (sulfide) groups is 1. The molecule has 0 bridgehead atoms. The third-order valence-electron chi connectivity index (χ3n) is 4.40. The van der Waals surface area contributed by atoms with E-state index in [1.807, 2.05) is 38.1 Å². The highest BCUT2D eigenvalue weighted by atomic mass is 32.2. The van der Waals surface area contributed by atoms with E-state index in [0.29, 0.717) is 12.1 Å². The van der Waals surface area contributed by atoms with Crippen molar-refractivity contribution < 1.29 is 13.2 Å². The molecule has 0 radical (unpaired) electrons. The van der Waals surface area contributed by atoms with Gasteiger partial charge in [-0.15, -0.1) is 0 Å². The molecule has 1 saturated heterocycles. The maximum atomic E-state index is 12.3. The second kappa shape index (κ2) is 7.58. The molecule has 1 aromatic rings. The van der Waals surface area contributed by atoms with E-state index < -0.39 is 9.84 Å². The lowest BCUT2D eigenvalue weighted by Crippen LogP contribution is -2.31. The highest BCUT2D eigenvalue weighted by Gasteiger charge is 2.42. The van der Waals surface area contributed by atoms with Gasteiger partial charge in [0.25, 0.3) is 5.91 Å². The number of sulfone groups is 1. The molecule has 0 aromatic heterocycles. The van der Waals surface area contributed by atoms with Crippen LogP contribution in [-0.2, 0) is 9.84 Å². The summed E-state index contributed by atoms with van der Waals surface area (Å²) in [7, 11) is 0.963. The van der Waals surface area contributed by atoms with Gasteiger partial charge in [-0.25, -0.2) is 8.42 Å². The molecule has 1 fully saturated rings. The lowest BCUT2D eigenvalue weighted by atomic mass is 10.1. The Morgan fingerprint density at radius 2 is 2.12 bits per heavy atom. The molecule has 142 valence electrons. The summed E-state index contributed by atoms with van der Waals surface area (Å²) in [4.78, 5) is 18.8. The van der Waals surface area contributed by atoms with Crippen molar-refractivity contribution in [2.45, 2.75) is 18.2 Å². The van der Waals surface area contributed by atoms with Crippen LogP contribution in [0, 0.1) is 6.92 Å². The van der Waals surface area contributed by atoms with Gasteiger partial charge in [0.15, 0.2) is 15.0 Å². The van der Waals surface area contributed by atoms with Crippen LogP contribution in [0.3, 0.4) is 0 Å². The molecule has 2 aliphatic heterocycles. The zero-order valence-corrected chi connectivity index (χ0v) is 16.8. The van der Waals surface area contributed by atoms with Gasteiger partial charge in [0.05, 0.1) is 17.5 Å². The first-order valence-electron chi connectivity index (χ1n) is 8.49. The Hall–Kier alpha value is -1.58. The maximum absolute atomic E-state index is 12.3. The molecule has 0 aliphatic carbocycles. The highest BCUT2D eigenvalue weighted by molar-refractivity contribution is 8.15. The second-order valence-electron chi connectivity index (χ2n) is 6.95. The van der Waals surface area contributed by atoms with E-state index in [-0.39, 0.29) is 28.7 Å².